The molecule has 4 rings (SSSR count). The number of allylic oxidation sites excluding steroid dienone is 1. The Morgan fingerprint density at radius 3 is 2.39 bits per heavy atom. The van der Waals surface area contributed by atoms with Crippen molar-refractivity contribution in [3.05, 3.63) is 59.7 Å². The minimum atomic E-state index is -0.352. The maximum Gasteiger partial charge on any atom is 0.415 e. The number of benzene rings is 3. The molecule has 0 atom stereocenters. The van der Waals surface area contributed by atoms with Gasteiger partial charge in [-0.05, 0) is 118 Å². The van der Waals surface area contributed by atoms with E-state index in [4.69, 9.17) is 16.2 Å². The van der Waals surface area contributed by atoms with Gasteiger partial charge in [0.05, 0.1) is 0 Å². The van der Waals surface area contributed by atoms with Gasteiger partial charge in [-0.3, -0.25) is 0 Å². The predicted octanol–water partition coefficient (Wildman–Crippen LogP) is 5.99. The van der Waals surface area contributed by atoms with E-state index in [0.29, 0.717) is 25.3 Å². The van der Waals surface area contributed by atoms with Gasteiger partial charge in [-0.25, -0.2) is 4.79 Å². The summed E-state index contributed by atoms with van der Waals surface area (Å²) in [5.74, 6) is 0.563. The van der Waals surface area contributed by atoms with Crippen molar-refractivity contribution in [3.63, 3.8) is 0 Å². The Kier molecular flexibility index (Phi) is 8.76. The van der Waals surface area contributed by atoms with Crippen molar-refractivity contribution in [1.82, 2.24) is 10.2 Å². The molecule has 0 fully saturated rings. The third kappa shape index (κ3) is 7.56. The van der Waals surface area contributed by atoms with E-state index >= 15 is 0 Å². The number of unbranched alkanes of at least 4 members (excludes halogenated alkanes) is 1. The minimum absolute atomic E-state index is 0.157. The highest BCUT2D eigenvalue weighted by Crippen LogP contribution is 2.34. The highest BCUT2D eigenvalue weighted by atomic mass is 16.6. The molecular formula is C32H44N4O2. The second-order valence-corrected chi connectivity index (χ2v) is 12.1. The Balaban J connectivity index is 1.39. The van der Waals surface area contributed by atoms with Crippen LogP contribution in [-0.4, -0.2) is 48.3 Å². The van der Waals surface area contributed by atoms with E-state index in [1.165, 1.54) is 27.3 Å². The van der Waals surface area contributed by atoms with Crippen LogP contribution in [-0.2, 0) is 6.42 Å². The largest absolute Gasteiger partial charge is 0.415 e. The number of nitrogens with zero attached hydrogens (tertiary/aromatic N) is 1. The number of carbonyl (C=O) groups excluding carboxylic acids is 1. The Morgan fingerprint density at radius 2 is 1.63 bits per heavy atom. The lowest BCUT2D eigenvalue weighted by atomic mass is 9.96. The second kappa shape index (κ2) is 11.9. The van der Waals surface area contributed by atoms with Crippen LogP contribution in [0.15, 0.2) is 48.5 Å². The number of carbonyl (C=O) groups is 1. The Labute approximate surface area is 227 Å². The molecule has 0 aromatic heterocycles. The van der Waals surface area contributed by atoms with Crippen molar-refractivity contribution < 1.29 is 9.53 Å². The van der Waals surface area contributed by atoms with Gasteiger partial charge >= 0.3 is 6.09 Å². The van der Waals surface area contributed by atoms with Crippen LogP contribution in [0.3, 0.4) is 0 Å². The van der Waals surface area contributed by atoms with Gasteiger partial charge in [0.1, 0.15) is 5.75 Å². The molecule has 204 valence electrons. The number of ether oxygens (including phenoxy) is 1. The van der Waals surface area contributed by atoms with Crippen molar-refractivity contribution in [3.8, 4) is 5.75 Å². The highest BCUT2D eigenvalue weighted by molar-refractivity contribution is 6.09. The fourth-order valence-corrected chi connectivity index (χ4v) is 4.93. The minimum Gasteiger partial charge on any atom is -0.410 e. The fraction of sp³-hybridized carbons (Fsp3) is 0.469. The fourth-order valence-electron chi connectivity index (χ4n) is 4.93. The summed E-state index contributed by atoms with van der Waals surface area (Å²) in [6.45, 7) is 11.0. The van der Waals surface area contributed by atoms with Crippen LogP contribution in [0.5, 0.6) is 5.75 Å². The summed E-state index contributed by atoms with van der Waals surface area (Å²) in [5.41, 5.74) is 14.4. The molecule has 0 aliphatic heterocycles. The molecule has 0 saturated carbocycles. The van der Waals surface area contributed by atoms with Crippen molar-refractivity contribution in [1.29, 1.82) is 0 Å². The summed E-state index contributed by atoms with van der Waals surface area (Å²) < 4.78 is 5.88. The molecular weight excluding hydrogens is 472 g/mol. The van der Waals surface area contributed by atoms with Crippen molar-refractivity contribution in [2.24, 2.45) is 11.5 Å². The molecule has 6 heteroatoms. The molecule has 0 saturated heterocycles. The third-order valence-electron chi connectivity index (χ3n) is 7.22. The number of hydrogen-bond donors (Lipinski definition) is 3. The molecule has 0 spiro atoms. The lowest BCUT2D eigenvalue weighted by Gasteiger charge is -2.26. The first-order valence-corrected chi connectivity index (χ1v) is 13.9. The zero-order chi connectivity index (χ0) is 27.3. The molecule has 1 amide bonds. The van der Waals surface area contributed by atoms with Crippen LogP contribution in [0.25, 0.3) is 27.6 Å². The van der Waals surface area contributed by atoms with Gasteiger partial charge in [0, 0.05) is 24.2 Å². The third-order valence-corrected chi connectivity index (χ3v) is 7.22. The van der Waals surface area contributed by atoms with E-state index in [1.807, 2.05) is 39.8 Å². The summed E-state index contributed by atoms with van der Waals surface area (Å²) in [4.78, 5) is 15.0. The first kappa shape index (κ1) is 28.1. The average molecular weight is 517 g/mol. The number of rotatable bonds is 12. The molecule has 0 unspecified atom stereocenters. The summed E-state index contributed by atoms with van der Waals surface area (Å²) in [6, 6.07) is 14.6. The lowest BCUT2D eigenvalue weighted by Crippen LogP contribution is -2.41. The quantitative estimate of drug-likeness (QED) is 0.203. The van der Waals surface area contributed by atoms with Crippen molar-refractivity contribution >= 4 is 33.7 Å². The monoisotopic (exact) mass is 516 g/mol. The van der Waals surface area contributed by atoms with Crippen LogP contribution < -0.4 is 21.5 Å². The molecule has 38 heavy (non-hydrogen) atoms. The van der Waals surface area contributed by atoms with Gasteiger partial charge < -0.3 is 26.4 Å². The van der Waals surface area contributed by atoms with E-state index in [2.05, 4.69) is 47.8 Å². The van der Waals surface area contributed by atoms with Crippen molar-refractivity contribution in [2.45, 2.75) is 70.9 Å². The zero-order valence-corrected chi connectivity index (χ0v) is 23.5. The summed E-state index contributed by atoms with van der Waals surface area (Å²) >= 11 is 0. The van der Waals surface area contributed by atoms with Gasteiger partial charge in [0.2, 0.25) is 0 Å². The molecule has 3 aromatic carbocycles. The maximum absolute atomic E-state index is 13.2. The molecule has 0 bridgehead atoms. The van der Waals surface area contributed by atoms with E-state index < -0.39 is 0 Å². The highest BCUT2D eigenvalue weighted by Gasteiger charge is 2.20. The second-order valence-electron chi connectivity index (χ2n) is 12.1. The Bertz CT molecular complexity index is 1300. The number of nitrogens with one attached hydrogen (secondary N) is 1. The topological polar surface area (TPSA) is 93.6 Å². The summed E-state index contributed by atoms with van der Waals surface area (Å²) in [6.07, 6.45) is 8.56. The number of fused-ring (bicyclic) bond motifs is 5. The van der Waals surface area contributed by atoms with Crippen LogP contribution in [0, 0.1) is 0 Å². The molecule has 0 radical (unpaired) electrons. The maximum atomic E-state index is 13.2. The van der Waals surface area contributed by atoms with Crippen LogP contribution in [0.2, 0.25) is 0 Å². The van der Waals surface area contributed by atoms with Crippen LogP contribution >= 0.6 is 0 Å². The van der Waals surface area contributed by atoms with E-state index in [0.717, 1.165) is 44.2 Å². The molecule has 6 nitrogen and oxygen atoms in total. The zero-order valence-electron chi connectivity index (χ0n) is 23.5. The number of amides is 1. The average Bonchev–Trinajstić information content (AvgIpc) is 3.33. The standard InChI is InChI=1S/C32H44N4O2/c1-31(2,33)16-19-35-18-5-6-20-36(21-17-32(3,4)34)30(37)38-25-12-15-27-24(22-25)11-14-28-26-9-7-8-23(26)10-13-29(27)28/h7-8,10-15,22,35H,5-6,9,16-21,33-34H2,1-4H3. The van der Waals surface area contributed by atoms with E-state index in [-0.39, 0.29) is 17.2 Å². The predicted molar refractivity (Wildman–Crippen MR) is 160 cm³/mol. The van der Waals surface area contributed by atoms with Crippen LogP contribution in [0.1, 0.15) is 64.5 Å². The number of hydrogen-bond acceptors (Lipinski definition) is 5. The molecule has 3 aromatic rings. The van der Waals surface area contributed by atoms with Crippen LogP contribution in [0.4, 0.5) is 4.79 Å². The van der Waals surface area contributed by atoms with Gasteiger partial charge in [0.15, 0.2) is 0 Å². The van der Waals surface area contributed by atoms with Gasteiger partial charge in [0.25, 0.3) is 0 Å². The summed E-state index contributed by atoms with van der Waals surface area (Å²) in [5, 5.41) is 8.21. The van der Waals surface area contributed by atoms with E-state index in [1.54, 1.807) is 4.90 Å². The molecule has 1 aliphatic rings. The number of nitrogens with two attached hydrogens (primary N) is 2. The SMILES string of the molecule is CC(C)(N)CCNCCCCN(CCC(C)(C)N)C(=O)Oc1ccc2c(ccc3c4c(ccc32)C=CC4)c1. The summed E-state index contributed by atoms with van der Waals surface area (Å²) in [7, 11) is 0. The molecule has 0 heterocycles. The first-order chi connectivity index (χ1) is 18.0. The normalized spacial score (nSPS) is 13.3. The first-order valence-electron chi connectivity index (χ1n) is 13.9. The van der Waals surface area contributed by atoms with Gasteiger partial charge in [-0.2, -0.15) is 0 Å². The smallest absolute Gasteiger partial charge is 0.410 e. The van der Waals surface area contributed by atoms with Crippen molar-refractivity contribution in [2.75, 3.05) is 26.2 Å². The van der Waals surface area contributed by atoms with E-state index in [9.17, 15) is 4.79 Å². The van der Waals surface area contributed by atoms with Gasteiger partial charge in [-0.1, -0.05) is 42.5 Å². The molecule has 1 aliphatic carbocycles. The van der Waals surface area contributed by atoms with Gasteiger partial charge in [-0.15, -0.1) is 0 Å². The molecule has 5 N–H and O–H groups in total. The lowest BCUT2D eigenvalue weighted by molar-refractivity contribution is 0.147. The Morgan fingerprint density at radius 1 is 0.895 bits per heavy atom. The Hall–Kier alpha value is -2.93.